The molecule has 0 atom stereocenters. The van der Waals surface area contributed by atoms with Crippen molar-refractivity contribution in [2.24, 2.45) is 0 Å². The van der Waals surface area contributed by atoms with Crippen molar-refractivity contribution >= 4 is 28.6 Å². The van der Waals surface area contributed by atoms with E-state index in [1.165, 1.54) is 12.3 Å². The molecular formula is C11H10N5O6-3. The minimum atomic E-state index is -0.857. The van der Waals surface area contributed by atoms with Crippen LogP contribution in [0.4, 0.5) is 28.6 Å². The quantitative estimate of drug-likeness (QED) is 0.596. The fraction of sp³-hybridized carbons (Fsp3) is 0. The van der Waals surface area contributed by atoms with E-state index in [9.17, 15) is 26.0 Å². The van der Waals surface area contributed by atoms with Crippen molar-refractivity contribution in [1.82, 2.24) is 4.98 Å². The first-order valence-electron chi connectivity index (χ1n) is 5.74. The molecule has 11 heteroatoms. The van der Waals surface area contributed by atoms with Crippen LogP contribution in [-0.4, -0.2) is 20.6 Å². The van der Waals surface area contributed by atoms with E-state index in [2.05, 4.69) is 10.3 Å². The van der Waals surface area contributed by atoms with Gasteiger partial charge >= 0.3 is 0 Å². The van der Waals surface area contributed by atoms with Crippen molar-refractivity contribution in [2.45, 2.75) is 0 Å². The Morgan fingerprint density at radius 2 is 1.68 bits per heavy atom. The van der Waals surface area contributed by atoms with Gasteiger partial charge in [-0.2, -0.15) is 0 Å². The van der Waals surface area contributed by atoms with E-state index in [1.54, 1.807) is 12.1 Å². The van der Waals surface area contributed by atoms with Gasteiger partial charge in [-0.25, -0.2) is 4.98 Å². The summed E-state index contributed by atoms with van der Waals surface area (Å²) in [5.74, 6) is 0.211. The first kappa shape index (κ1) is 15.7. The van der Waals surface area contributed by atoms with Crippen LogP contribution in [0.2, 0.25) is 0 Å². The fourth-order valence-electron chi connectivity index (χ4n) is 1.70. The minimum Gasteiger partial charge on any atom is -0.769 e. The number of rotatable bonds is 5. The SMILES string of the molecule is [O-]N([O-])c1cc(N([O-])O)c(Nc2ccccn2)c(N(O)O)c1. The molecule has 1 aromatic heterocycles. The molecule has 118 valence electrons. The Morgan fingerprint density at radius 1 is 1.00 bits per heavy atom. The van der Waals surface area contributed by atoms with Gasteiger partial charge < -0.3 is 31.4 Å². The number of anilines is 5. The third-order valence-electron chi connectivity index (χ3n) is 2.63. The van der Waals surface area contributed by atoms with E-state index >= 15 is 0 Å². The predicted octanol–water partition coefficient (Wildman–Crippen LogP) is 1.91. The lowest BCUT2D eigenvalue weighted by molar-refractivity contribution is 0.0296. The summed E-state index contributed by atoms with van der Waals surface area (Å²) in [5, 5.41) is 61.0. The lowest BCUT2D eigenvalue weighted by Crippen LogP contribution is -2.18. The van der Waals surface area contributed by atoms with Gasteiger partial charge in [0.1, 0.15) is 11.5 Å². The van der Waals surface area contributed by atoms with Crippen LogP contribution in [0, 0.1) is 15.6 Å². The van der Waals surface area contributed by atoms with E-state index in [0.29, 0.717) is 0 Å². The van der Waals surface area contributed by atoms with Gasteiger partial charge in [0.15, 0.2) is 0 Å². The van der Waals surface area contributed by atoms with E-state index in [1.807, 2.05) is 0 Å². The Labute approximate surface area is 123 Å². The summed E-state index contributed by atoms with van der Waals surface area (Å²) in [6, 6.07) is 6.31. The topological polar surface area (TPSA) is 165 Å². The Kier molecular flexibility index (Phi) is 4.57. The highest BCUT2D eigenvalue weighted by molar-refractivity contribution is 5.89. The third kappa shape index (κ3) is 3.32. The highest BCUT2D eigenvalue weighted by Crippen LogP contribution is 2.40. The average Bonchev–Trinajstić information content (AvgIpc) is 2.47. The zero-order chi connectivity index (χ0) is 16.3. The molecule has 0 radical (unpaired) electrons. The highest BCUT2D eigenvalue weighted by Gasteiger charge is 2.16. The van der Waals surface area contributed by atoms with Crippen molar-refractivity contribution in [3.63, 3.8) is 0 Å². The molecule has 0 saturated carbocycles. The average molecular weight is 308 g/mol. The Bertz CT molecular complexity index is 607. The van der Waals surface area contributed by atoms with Crippen LogP contribution in [0.25, 0.3) is 0 Å². The molecule has 0 unspecified atom stereocenters. The van der Waals surface area contributed by atoms with Crippen molar-refractivity contribution < 1.29 is 15.6 Å². The van der Waals surface area contributed by atoms with Crippen molar-refractivity contribution in [1.29, 1.82) is 0 Å². The maximum absolute atomic E-state index is 11.2. The van der Waals surface area contributed by atoms with E-state index in [0.717, 1.165) is 12.1 Å². The molecule has 1 aromatic carbocycles. The van der Waals surface area contributed by atoms with Gasteiger partial charge in [0, 0.05) is 11.9 Å². The van der Waals surface area contributed by atoms with Crippen LogP contribution >= 0.6 is 0 Å². The molecule has 0 fully saturated rings. The fourth-order valence-corrected chi connectivity index (χ4v) is 1.70. The summed E-state index contributed by atoms with van der Waals surface area (Å²) in [4.78, 5) is 3.90. The highest BCUT2D eigenvalue weighted by atomic mass is 16.8. The molecule has 0 amide bonds. The van der Waals surface area contributed by atoms with Crippen molar-refractivity contribution in [2.75, 3.05) is 21.0 Å². The number of nitrogens with zero attached hydrogens (tertiary/aromatic N) is 4. The summed E-state index contributed by atoms with van der Waals surface area (Å²) in [6.45, 7) is 0. The summed E-state index contributed by atoms with van der Waals surface area (Å²) >= 11 is 0. The molecule has 2 aromatic rings. The van der Waals surface area contributed by atoms with Gasteiger partial charge in [-0.05, 0) is 24.3 Å². The first-order chi connectivity index (χ1) is 10.4. The second kappa shape index (κ2) is 6.40. The largest absolute Gasteiger partial charge is 0.769 e. The van der Waals surface area contributed by atoms with Crippen LogP contribution < -0.4 is 21.0 Å². The number of benzene rings is 1. The summed E-state index contributed by atoms with van der Waals surface area (Å²) < 4.78 is 0. The lowest BCUT2D eigenvalue weighted by atomic mass is 10.2. The maximum Gasteiger partial charge on any atom is 0.130 e. The molecule has 0 spiro atoms. The molecule has 0 saturated heterocycles. The normalized spacial score (nSPS) is 10.3. The molecule has 0 aliphatic carbocycles. The standard InChI is InChI=1S/C11H10N5O6/c17-14(18)7-5-8(15(19)20)11(9(6-7)16(21)22)13-10-3-1-2-4-12-10/h1-6,19-21H,(H,12,13)/q-3. The Hall–Kier alpha value is -2.67. The van der Waals surface area contributed by atoms with Crippen molar-refractivity contribution in [3.05, 3.63) is 52.2 Å². The lowest BCUT2D eigenvalue weighted by Gasteiger charge is -2.39. The second-order valence-electron chi connectivity index (χ2n) is 4.02. The molecule has 0 bridgehead atoms. The van der Waals surface area contributed by atoms with Crippen LogP contribution in [-0.2, 0) is 0 Å². The number of hydrogen-bond donors (Lipinski definition) is 4. The molecule has 2 rings (SSSR count). The van der Waals surface area contributed by atoms with Gasteiger partial charge in [0.05, 0.1) is 11.4 Å². The number of aromatic nitrogens is 1. The summed E-state index contributed by atoms with van der Waals surface area (Å²) in [6.07, 6.45) is 1.43. The van der Waals surface area contributed by atoms with Crippen LogP contribution in [0.3, 0.4) is 0 Å². The van der Waals surface area contributed by atoms with Gasteiger partial charge in [-0.3, -0.25) is 15.6 Å². The zero-order valence-electron chi connectivity index (χ0n) is 10.8. The molecule has 4 N–H and O–H groups in total. The summed E-state index contributed by atoms with van der Waals surface area (Å²) in [5.41, 5.74) is -2.03. The molecule has 0 aliphatic heterocycles. The predicted molar refractivity (Wildman–Crippen MR) is 76.9 cm³/mol. The van der Waals surface area contributed by atoms with Gasteiger partial charge in [-0.15, -0.1) is 5.23 Å². The van der Waals surface area contributed by atoms with Gasteiger partial charge in [0.2, 0.25) is 0 Å². The molecule has 22 heavy (non-hydrogen) atoms. The monoisotopic (exact) mass is 308 g/mol. The van der Waals surface area contributed by atoms with E-state index in [4.69, 9.17) is 5.21 Å². The zero-order valence-corrected chi connectivity index (χ0v) is 10.8. The molecule has 1 heterocycles. The van der Waals surface area contributed by atoms with Crippen molar-refractivity contribution in [3.8, 4) is 0 Å². The van der Waals surface area contributed by atoms with Crippen LogP contribution in [0.5, 0.6) is 0 Å². The minimum absolute atomic E-state index is 0.211. The van der Waals surface area contributed by atoms with Gasteiger partial charge in [-0.1, -0.05) is 6.07 Å². The second-order valence-corrected chi connectivity index (χ2v) is 4.02. The number of pyridine rings is 1. The van der Waals surface area contributed by atoms with Gasteiger partial charge in [0.25, 0.3) is 0 Å². The van der Waals surface area contributed by atoms with E-state index in [-0.39, 0.29) is 11.5 Å². The molecule has 11 nitrogen and oxygen atoms in total. The summed E-state index contributed by atoms with van der Waals surface area (Å²) in [7, 11) is 0. The van der Waals surface area contributed by atoms with E-state index < -0.39 is 32.7 Å². The van der Waals surface area contributed by atoms with Crippen LogP contribution in [0.15, 0.2) is 36.5 Å². The number of hydrogen-bond acceptors (Lipinski definition) is 11. The molecular weight excluding hydrogens is 298 g/mol. The molecule has 0 aliphatic rings. The van der Waals surface area contributed by atoms with Crippen LogP contribution in [0.1, 0.15) is 0 Å². The first-order valence-corrected chi connectivity index (χ1v) is 5.74. The number of nitrogens with one attached hydrogen (secondary N) is 1. The third-order valence-corrected chi connectivity index (χ3v) is 2.63. The Morgan fingerprint density at radius 3 is 2.18 bits per heavy atom. The smallest absolute Gasteiger partial charge is 0.130 e. The maximum atomic E-state index is 11.2. The Balaban J connectivity index is 2.58.